The molecule has 0 spiro atoms. The second-order valence-electron chi connectivity index (χ2n) is 30.5. The number of nitrogens with zero attached hydrogens (tertiary/aromatic N) is 12. The van der Waals surface area contributed by atoms with E-state index in [0.29, 0.717) is 106 Å². The van der Waals surface area contributed by atoms with E-state index in [1.165, 1.54) is 30.6 Å². The summed E-state index contributed by atoms with van der Waals surface area (Å²) in [4.78, 5) is 79.7. The van der Waals surface area contributed by atoms with Crippen LogP contribution < -0.4 is 54.8 Å². The molecule has 32 heteroatoms. The Kier molecular flexibility index (Phi) is 25.4. The summed E-state index contributed by atoms with van der Waals surface area (Å²) in [7, 11) is 0. The molecule has 3 aromatic carbocycles. The largest absolute Gasteiger partial charge is 0.492 e. The molecule has 3 saturated heterocycles. The monoisotopic (exact) mass is 1620 g/mol. The maximum atomic E-state index is 13.7. The van der Waals surface area contributed by atoms with Gasteiger partial charge in [0.25, 0.3) is 0 Å². The summed E-state index contributed by atoms with van der Waals surface area (Å²) in [6.45, 7) is 15.8. The van der Waals surface area contributed by atoms with Gasteiger partial charge in [-0.15, -0.1) is 0 Å². The van der Waals surface area contributed by atoms with E-state index in [-0.39, 0.29) is 55.0 Å². The van der Waals surface area contributed by atoms with E-state index < -0.39 is 60.0 Å². The number of aliphatic hydroxyl groups excluding tert-OH is 3. The van der Waals surface area contributed by atoms with Crippen LogP contribution in [0.5, 0.6) is 11.6 Å². The molecule has 6 aliphatic rings. The maximum absolute atomic E-state index is 13.7. The number of hydrogen-bond donors (Lipinski definition) is 6. The van der Waals surface area contributed by atoms with Crippen LogP contribution >= 0.6 is 0 Å². The lowest BCUT2D eigenvalue weighted by atomic mass is 9.97. The number of anilines is 9. The van der Waals surface area contributed by atoms with Crippen LogP contribution in [0.3, 0.4) is 0 Å². The van der Waals surface area contributed by atoms with Crippen LogP contribution in [-0.4, -0.2) is 153 Å². The number of fused-ring (bicyclic) bond motifs is 12. The number of nitrogens with one attached hydrogen (secondary N) is 3. The van der Waals surface area contributed by atoms with Crippen LogP contribution in [0.4, 0.5) is 106 Å². The quantitative estimate of drug-likeness (QED) is 0.0436. The molecule has 6 aromatic heterocycles. The number of halogens is 9. The molecule has 0 radical (unpaired) electrons. The van der Waals surface area contributed by atoms with E-state index >= 15 is 0 Å². The predicted molar refractivity (Wildman–Crippen MR) is 429 cm³/mol. The number of ether oxygens (including phenoxy) is 2. The number of benzene rings is 3. The van der Waals surface area contributed by atoms with E-state index in [2.05, 4.69) is 59.4 Å². The number of alkyl halides is 9. The van der Waals surface area contributed by atoms with E-state index in [9.17, 15) is 64.1 Å². The average Bonchev–Trinajstić information content (AvgIpc) is 0.755. The Morgan fingerprint density at radius 2 is 0.949 bits per heavy atom. The number of aliphatic hydroxyl groups is 3. The number of urea groups is 3. The lowest BCUT2D eigenvalue weighted by molar-refractivity contribution is -0.138. The zero-order valence-electron chi connectivity index (χ0n) is 65.4. The molecule has 6 aliphatic heterocycles. The highest BCUT2D eigenvalue weighted by Gasteiger charge is 2.44. The van der Waals surface area contributed by atoms with Crippen LogP contribution in [0.25, 0.3) is 33.8 Å². The number of pyridine rings is 6. The van der Waals surface area contributed by atoms with Crippen LogP contribution in [0.2, 0.25) is 0 Å². The highest BCUT2D eigenvalue weighted by molar-refractivity contribution is 6.07. The number of amides is 6. The van der Waals surface area contributed by atoms with Gasteiger partial charge in [0.1, 0.15) is 24.3 Å². The smallest absolute Gasteiger partial charge is 0.416 e. The molecule has 0 aliphatic carbocycles. The molecule has 3 fully saturated rings. The highest BCUT2D eigenvalue weighted by atomic mass is 19.4. The summed E-state index contributed by atoms with van der Waals surface area (Å²) in [5, 5.41) is 36.4. The van der Waals surface area contributed by atoms with Gasteiger partial charge in [-0.1, -0.05) is 69.7 Å². The third kappa shape index (κ3) is 19.5. The molecule has 15 rings (SSSR count). The molecular weight excluding hydrogens is 1530 g/mol. The Morgan fingerprint density at radius 3 is 1.37 bits per heavy atom. The number of piperidine rings is 3. The first-order valence-electron chi connectivity index (χ1n) is 39.1. The fraction of sp³-hybridized carbons (Fsp3) is 0.400. The summed E-state index contributed by atoms with van der Waals surface area (Å²) < 4.78 is 132. The molecule has 0 saturated carbocycles. The summed E-state index contributed by atoms with van der Waals surface area (Å²) in [6.07, 6.45) is -1.63. The fourth-order valence-electron chi connectivity index (χ4n) is 15.3. The topological polar surface area (TPSA) is 263 Å². The Labute approximate surface area is 670 Å². The van der Waals surface area contributed by atoms with Gasteiger partial charge in [-0.05, 0) is 168 Å². The van der Waals surface area contributed by atoms with E-state index in [1.807, 2.05) is 51.1 Å². The van der Waals surface area contributed by atoms with Crippen LogP contribution in [0.15, 0.2) is 146 Å². The van der Waals surface area contributed by atoms with Gasteiger partial charge in [-0.3, -0.25) is 30.0 Å². The van der Waals surface area contributed by atoms with Gasteiger partial charge < -0.3 is 50.1 Å². The molecular formula is C85H92F9N15O8. The first kappa shape index (κ1) is 83.6. The molecule has 117 heavy (non-hydrogen) atoms. The Morgan fingerprint density at radius 1 is 0.504 bits per heavy atom. The Hall–Kier alpha value is -11.4. The zero-order valence-corrected chi connectivity index (χ0v) is 65.4. The van der Waals surface area contributed by atoms with Gasteiger partial charge in [0.2, 0.25) is 5.88 Å². The van der Waals surface area contributed by atoms with Gasteiger partial charge in [0, 0.05) is 86.3 Å². The van der Waals surface area contributed by atoms with Crippen LogP contribution in [0.1, 0.15) is 111 Å². The number of hydrogen-bond acceptors (Lipinski definition) is 17. The Balaban J connectivity index is 0.000000152. The minimum atomic E-state index is -4.49. The number of rotatable bonds is 18. The lowest BCUT2D eigenvalue weighted by Crippen LogP contribution is -2.56. The SMILES string of the molecule is CC[C@H](C)CCc1ccc(NC(=O)N2c3nc(-c4cccc(C(F)(F)F)c4)c(C)cc3N3CCC[C@H]2C3)cn1.Cc1cc2c(nc1-c1cccc(C(F)(F)F)c1)N(C(=O)Nc1cccc(OC[C@@H](O)CO)n1)[C@H]1CCCN2C1.Cc1cc2c(nc1-c1cccc(C(F)(F)F)c1)N(C(=O)Nc1cncc(OC[C@@H](C)CO)c1)[C@H]1CCCN2C1. The predicted octanol–water partition coefficient (Wildman–Crippen LogP) is 17.2. The third-order valence-corrected chi connectivity index (χ3v) is 21.6. The molecule has 6 amide bonds. The molecule has 6 bridgehead atoms. The molecule has 9 aromatic rings. The number of carbonyl (C=O) groups is 3. The first-order valence-corrected chi connectivity index (χ1v) is 39.1. The van der Waals surface area contributed by atoms with Crippen molar-refractivity contribution in [2.45, 2.75) is 142 Å². The summed E-state index contributed by atoms with van der Waals surface area (Å²) in [5.41, 5.74) is 6.53. The van der Waals surface area contributed by atoms with E-state index in [4.69, 9.17) is 29.5 Å². The van der Waals surface area contributed by atoms with Gasteiger partial charge in [0.15, 0.2) is 17.5 Å². The average molecular weight is 1620 g/mol. The Bertz CT molecular complexity index is 4850. The maximum Gasteiger partial charge on any atom is 0.416 e. The van der Waals surface area contributed by atoms with Gasteiger partial charge >= 0.3 is 36.6 Å². The van der Waals surface area contributed by atoms with Crippen molar-refractivity contribution in [3.05, 3.63) is 185 Å². The minimum absolute atomic E-state index is 0.00834. The normalized spacial score (nSPS) is 17.5. The van der Waals surface area contributed by atoms with E-state index in [0.717, 1.165) is 148 Å². The second kappa shape index (κ2) is 35.6. The number of aryl methyl sites for hydroxylation is 4. The zero-order chi connectivity index (χ0) is 83.2. The van der Waals surface area contributed by atoms with Crippen LogP contribution in [-0.2, 0) is 24.9 Å². The van der Waals surface area contributed by atoms with Crippen molar-refractivity contribution in [1.82, 2.24) is 29.9 Å². The number of carbonyl (C=O) groups excluding carboxylic acids is 3. The fourth-order valence-corrected chi connectivity index (χ4v) is 15.3. The van der Waals surface area contributed by atoms with Crippen molar-refractivity contribution in [3.63, 3.8) is 0 Å². The lowest BCUT2D eigenvalue weighted by Gasteiger charge is -2.46. The number of aromatic nitrogens is 6. The van der Waals surface area contributed by atoms with Crippen molar-refractivity contribution < 1.29 is 78.7 Å². The molecule has 618 valence electrons. The van der Waals surface area contributed by atoms with Crippen molar-refractivity contribution >= 4 is 69.8 Å². The summed E-state index contributed by atoms with van der Waals surface area (Å²) >= 11 is 0. The van der Waals surface area contributed by atoms with Crippen molar-refractivity contribution in [2.24, 2.45) is 11.8 Å². The molecule has 6 atom stereocenters. The van der Waals surface area contributed by atoms with Gasteiger partial charge in [0.05, 0.1) is 112 Å². The standard InChI is InChI=1S/C30H34F3N5O.C28H30F3N5O3.C27H28F3N5O4/c1-4-19(2)10-11-23-12-13-24(17-34-23)35-29(39)38-25-9-6-14-37(18-25)26-15-20(3)27(36-28(26)38)21-7-5-8-22(16-21)30(31,32)33;1-17(15-37)16-39-23-11-21(12-32-13-23)33-27(38)36-22-7-4-8-35(14-22)24-9-18(2)25(34-26(24)36)19-5-3-6-20(10-19)28(29,30)31;1-16-11-21-25(33-24(16)17-5-2-6-18(12-17)27(28,29)30)35(19-7-4-10-34(21)13-19)26(38)32-22-8-3-9-23(31-22)39-15-20(37)14-36/h5,7-8,12-13,15-17,19,25H,4,6,9-11,14,18H2,1-3H3,(H,35,39);3,5-6,9-13,17,22,37H,4,7-8,14-16H2,1-2H3,(H,33,38);2-3,5-6,8-9,11-12,19-20,36-37H,4,7,10,13-15H2,1H3,(H,31,32,38)/t19-,25-;17-,22-;19-,20-/m000/s1. The summed E-state index contributed by atoms with van der Waals surface area (Å²) in [5.74, 6) is 2.67. The minimum Gasteiger partial charge on any atom is -0.492 e. The first-order chi connectivity index (χ1) is 55.9. The molecule has 6 N–H and O–H groups in total. The molecule has 23 nitrogen and oxygen atoms in total. The van der Waals surface area contributed by atoms with E-state index in [1.54, 1.807) is 70.3 Å². The van der Waals surface area contributed by atoms with Crippen molar-refractivity contribution in [3.8, 4) is 45.4 Å². The summed E-state index contributed by atoms with van der Waals surface area (Å²) in [6, 6.07) is 29.6. The molecule has 12 heterocycles. The molecule has 0 unspecified atom stereocenters. The van der Waals surface area contributed by atoms with Crippen molar-refractivity contribution in [2.75, 3.05) is 111 Å². The van der Waals surface area contributed by atoms with Gasteiger partial charge in [-0.25, -0.2) is 29.3 Å². The second-order valence-corrected chi connectivity index (χ2v) is 30.5. The van der Waals surface area contributed by atoms with Gasteiger partial charge in [-0.2, -0.15) is 44.5 Å². The highest BCUT2D eigenvalue weighted by Crippen LogP contribution is 2.47. The third-order valence-electron chi connectivity index (χ3n) is 21.6. The van der Waals surface area contributed by atoms with Crippen LogP contribution in [0, 0.1) is 32.6 Å². The van der Waals surface area contributed by atoms with Crippen molar-refractivity contribution in [1.29, 1.82) is 0 Å².